The van der Waals surface area contributed by atoms with E-state index in [0.717, 1.165) is 0 Å². The lowest BCUT2D eigenvalue weighted by atomic mass is 9.95. The Kier molecular flexibility index (Phi) is 5.10. The Morgan fingerprint density at radius 3 is 2.56 bits per heavy atom. The molecule has 0 aromatic heterocycles. The molecule has 0 aromatic carbocycles. The van der Waals surface area contributed by atoms with Crippen LogP contribution in [0.1, 0.15) is 20.3 Å². The van der Waals surface area contributed by atoms with Gasteiger partial charge in [-0.1, -0.05) is 0 Å². The van der Waals surface area contributed by atoms with E-state index in [1.807, 2.05) is 6.07 Å². The molecule has 1 N–H and O–H groups in total. The van der Waals surface area contributed by atoms with Gasteiger partial charge in [0.2, 0.25) is 11.8 Å². The minimum Gasteiger partial charge on any atom is -0.378 e. The first-order valence-corrected chi connectivity index (χ1v) is 6.02. The number of carbonyl (C=O) groups excluding carboxylic acids is 2. The van der Waals surface area contributed by atoms with Gasteiger partial charge in [0.25, 0.3) is 0 Å². The summed E-state index contributed by atoms with van der Waals surface area (Å²) in [5.74, 6) is -0.340. The van der Waals surface area contributed by atoms with Crippen LogP contribution in [-0.4, -0.2) is 49.6 Å². The Morgan fingerprint density at radius 1 is 1.39 bits per heavy atom. The Morgan fingerprint density at radius 2 is 2.00 bits per heavy atom. The van der Waals surface area contributed by atoms with E-state index >= 15 is 0 Å². The summed E-state index contributed by atoms with van der Waals surface area (Å²) in [6, 6.07) is 1.92. The molecule has 1 rings (SSSR count). The zero-order valence-electron chi connectivity index (χ0n) is 10.9. The fourth-order valence-corrected chi connectivity index (χ4v) is 1.53. The summed E-state index contributed by atoms with van der Waals surface area (Å²) in [5.41, 5.74) is -1.05. The van der Waals surface area contributed by atoms with Crippen molar-refractivity contribution < 1.29 is 14.3 Å². The molecule has 2 amide bonds. The summed E-state index contributed by atoms with van der Waals surface area (Å²) >= 11 is 0. The number of carbonyl (C=O) groups is 2. The maximum absolute atomic E-state index is 11.8. The van der Waals surface area contributed by atoms with Crippen molar-refractivity contribution in [3.8, 4) is 6.07 Å². The third-order valence-corrected chi connectivity index (χ3v) is 2.84. The largest absolute Gasteiger partial charge is 0.378 e. The molecule has 0 aliphatic carbocycles. The van der Waals surface area contributed by atoms with Crippen LogP contribution in [0.5, 0.6) is 0 Å². The second kappa shape index (κ2) is 6.36. The Bertz CT molecular complexity index is 354. The number of hydrogen-bond acceptors (Lipinski definition) is 4. The molecular weight excluding hydrogens is 234 g/mol. The molecule has 0 unspecified atom stereocenters. The molecule has 6 nitrogen and oxygen atoms in total. The van der Waals surface area contributed by atoms with Gasteiger partial charge in [0.15, 0.2) is 0 Å². The zero-order valence-corrected chi connectivity index (χ0v) is 10.9. The van der Waals surface area contributed by atoms with E-state index in [9.17, 15) is 9.59 Å². The summed E-state index contributed by atoms with van der Waals surface area (Å²) in [6.45, 7) is 5.71. The van der Waals surface area contributed by atoms with Crippen LogP contribution in [0.3, 0.4) is 0 Å². The molecule has 1 heterocycles. The van der Waals surface area contributed by atoms with Gasteiger partial charge in [-0.25, -0.2) is 0 Å². The average Bonchev–Trinajstić information content (AvgIpc) is 2.39. The molecule has 0 saturated carbocycles. The summed E-state index contributed by atoms with van der Waals surface area (Å²) in [6.07, 6.45) is 0.257. The molecule has 6 heteroatoms. The highest BCUT2D eigenvalue weighted by Crippen LogP contribution is 2.12. The second-order valence-corrected chi connectivity index (χ2v) is 4.74. The molecule has 0 atom stereocenters. The molecule has 0 aromatic rings. The van der Waals surface area contributed by atoms with E-state index < -0.39 is 5.41 Å². The van der Waals surface area contributed by atoms with Crippen molar-refractivity contribution in [3.05, 3.63) is 0 Å². The lowest BCUT2D eigenvalue weighted by Crippen LogP contribution is -2.43. The third kappa shape index (κ3) is 4.00. The first-order valence-electron chi connectivity index (χ1n) is 6.02. The van der Waals surface area contributed by atoms with Crippen LogP contribution in [0.4, 0.5) is 0 Å². The van der Waals surface area contributed by atoms with Crippen molar-refractivity contribution in [2.45, 2.75) is 20.3 Å². The monoisotopic (exact) mass is 253 g/mol. The average molecular weight is 253 g/mol. The van der Waals surface area contributed by atoms with Gasteiger partial charge < -0.3 is 15.0 Å². The first-order chi connectivity index (χ1) is 8.47. The topological polar surface area (TPSA) is 82.4 Å². The Balaban J connectivity index is 2.27. The number of morpholine rings is 1. The molecule has 0 bridgehead atoms. The molecule has 0 radical (unpaired) electrons. The van der Waals surface area contributed by atoms with Gasteiger partial charge >= 0.3 is 0 Å². The normalized spacial score (nSPS) is 15.9. The first kappa shape index (κ1) is 14.5. The molecular formula is C12H19N3O3. The van der Waals surface area contributed by atoms with Crippen molar-refractivity contribution in [1.82, 2.24) is 10.2 Å². The number of nitrogens with one attached hydrogen (secondary N) is 1. The minimum absolute atomic E-state index is 0.00774. The van der Waals surface area contributed by atoms with Crippen LogP contribution in [0.25, 0.3) is 0 Å². The summed E-state index contributed by atoms with van der Waals surface area (Å²) < 4.78 is 5.15. The highest BCUT2D eigenvalue weighted by molar-refractivity contribution is 5.85. The fraction of sp³-hybridized carbons (Fsp3) is 0.750. The van der Waals surface area contributed by atoms with Gasteiger partial charge in [-0.3, -0.25) is 9.59 Å². The van der Waals surface area contributed by atoms with Crippen molar-refractivity contribution in [1.29, 1.82) is 5.26 Å². The maximum atomic E-state index is 11.8. The van der Waals surface area contributed by atoms with Gasteiger partial charge in [0, 0.05) is 26.1 Å². The summed E-state index contributed by atoms with van der Waals surface area (Å²) in [4.78, 5) is 25.1. The van der Waals surface area contributed by atoms with E-state index in [4.69, 9.17) is 10.00 Å². The summed E-state index contributed by atoms with van der Waals surface area (Å²) in [5, 5.41) is 11.4. The van der Waals surface area contributed by atoms with Gasteiger partial charge in [-0.15, -0.1) is 0 Å². The highest BCUT2D eigenvalue weighted by atomic mass is 16.5. The Labute approximate surface area is 107 Å². The van der Waals surface area contributed by atoms with E-state index in [1.165, 1.54) is 0 Å². The number of hydrogen-bond donors (Lipinski definition) is 1. The predicted octanol–water partition coefficient (Wildman–Crippen LogP) is -0.0987. The zero-order chi connectivity index (χ0) is 13.6. The van der Waals surface area contributed by atoms with Crippen LogP contribution in [0, 0.1) is 16.7 Å². The maximum Gasteiger partial charge on any atom is 0.239 e. The van der Waals surface area contributed by atoms with E-state index in [2.05, 4.69) is 5.32 Å². The predicted molar refractivity (Wildman–Crippen MR) is 64.4 cm³/mol. The number of amides is 2. The number of rotatable bonds is 4. The van der Waals surface area contributed by atoms with Crippen molar-refractivity contribution in [2.75, 3.05) is 32.8 Å². The van der Waals surface area contributed by atoms with Gasteiger partial charge in [-0.05, 0) is 13.8 Å². The van der Waals surface area contributed by atoms with Gasteiger partial charge in [-0.2, -0.15) is 5.26 Å². The van der Waals surface area contributed by atoms with Crippen LogP contribution < -0.4 is 5.32 Å². The number of nitrogens with zero attached hydrogens (tertiary/aromatic N) is 2. The molecule has 0 spiro atoms. The third-order valence-electron chi connectivity index (χ3n) is 2.84. The van der Waals surface area contributed by atoms with Crippen molar-refractivity contribution >= 4 is 11.8 Å². The minimum atomic E-state index is -1.05. The Hall–Kier alpha value is -1.61. The second-order valence-electron chi connectivity index (χ2n) is 4.74. The fourth-order valence-electron chi connectivity index (χ4n) is 1.53. The van der Waals surface area contributed by atoms with Crippen molar-refractivity contribution in [2.24, 2.45) is 5.41 Å². The van der Waals surface area contributed by atoms with Crippen molar-refractivity contribution in [3.63, 3.8) is 0 Å². The smallest absolute Gasteiger partial charge is 0.239 e. The van der Waals surface area contributed by atoms with Crippen LogP contribution >= 0.6 is 0 Å². The number of ether oxygens (including phenoxy) is 1. The standard InChI is InChI=1S/C12H19N3O3/c1-12(2,9-13)11(17)14-4-3-10(16)15-5-7-18-8-6-15/h3-8H2,1-2H3,(H,14,17). The lowest BCUT2D eigenvalue weighted by Gasteiger charge is -2.27. The number of nitriles is 1. The molecule has 1 aliphatic heterocycles. The van der Waals surface area contributed by atoms with Gasteiger partial charge in [0.1, 0.15) is 5.41 Å². The molecule has 1 fully saturated rings. The molecule has 100 valence electrons. The SMILES string of the molecule is CC(C)(C#N)C(=O)NCCC(=O)N1CCOCC1. The van der Waals surface area contributed by atoms with Crippen LogP contribution in [-0.2, 0) is 14.3 Å². The molecule has 1 saturated heterocycles. The lowest BCUT2D eigenvalue weighted by molar-refractivity contribution is -0.135. The van der Waals surface area contributed by atoms with Crippen LogP contribution in [0.2, 0.25) is 0 Å². The van der Waals surface area contributed by atoms with E-state index in [0.29, 0.717) is 26.3 Å². The van der Waals surface area contributed by atoms with Crippen LogP contribution in [0.15, 0.2) is 0 Å². The molecule has 18 heavy (non-hydrogen) atoms. The molecule has 1 aliphatic rings. The van der Waals surface area contributed by atoms with E-state index in [-0.39, 0.29) is 24.8 Å². The van der Waals surface area contributed by atoms with E-state index in [1.54, 1.807) is 18.7 Å². The quantitative estimate of drug-likeness (QED) is 0.758. The summed E-state index contributed by atoms with van der Waals surface area (Å²) in [7, 11) is 0. The van der Waals surface area contributed by atoms with Gasteiger partial charge in [0.05, 0.1) is 19.3 Å². The highest BCUT2D eigenvalue weighted by Gasteiger charge is 2.27.